The van der Waals surface area contributed by atoms with Crippen molar-refractivity contribution in [3.05, 3.63) is 118 Å². The smallest absolute Gasteiger partial charge is 0.306 e. The number of benzene rings is 4. The van der Waals surface area contributed by atoms with Gasteiger partial charge in [-0.1, -0.05) is 61.9 Å². The van der Waals surface area contributed by atoms with E-state index < -0.39 is 11.9 Å². The number of aryl methyl sites for hydroxylation is 1. The predicted octanol–water partition coefficient (Wildman–Crippen LogP) is 6.85. The predicted molar refractivity (Wildman–Crippen MR) is 165 cm³/mol. The molecule has 8 heteroatoms. The van der Waals surface area contributed by atoms with Crippen molar-refractivity contribution < 1.29 is 29.0 Å². The molecular weight excluding hydrogens is 544 g/mol. The van der Waals surface area contributed by atoms with Gasteiger partial charge in [0.15, 0.2) is 11.6 Å². The molecule has 0 fully saturated rings. The van der Waals surface area contributed by atoms with Crippen LogP contribution < -0.4 is 10.6 Å². The van der Waals surface area contributed by atoms with Crippen molar-refractivity contribution in [2.24, 2.45) is 0 Å². The van der Waals surface area contributed by atoms with Gasteiger partial charge in [0.25, 0.3) is 0 Å². The second-order valence-corrected chi connectivity index (χ2v) is 10.4. The molecule has 0 aliphatic heterocycles. The summed E-state index contributed by atoms with van der Waals surface area (Å²) in [5.74, 6) is -2.03. The Labute approximate surface area is 249 Å². The highest BCUT2D eigenvalue weighted by Gasteiger charge is 2.34. The molecule has 0 radical (unpaired) electrons. The summed E-state index contributed by atoms with van der Waals surface area (Å²) in [4.78, 5) is 49.8. The van der Waals surface area contributed by atoms with Gasteiger partial charge in [0.05, 0.1) is 42.0 Å². The van der Waals surface area contributed by atoms with Crippen LogP contribution >= 0.6 is 0 Å². The Morgan fingerprint density at radius 3 is 1.63 bits per heavy atom. The van der Waals surface area contributed by atoms with Crippen LogP contribution in [0.4, 0.5) is 22.7 Å². The number of fused-ring (bicyclic) bond motifs is 2. The lowest BCUT2D eigenvalue weighted by Crippen LogP contribution is -2.23. The van der Waals surface area contributed by atoms with Gasteiger partial charge in [0.2, 0.25) is 0 Å². The average Bonchev–Trinajstić information content (AvgIpc) is 3.01. The van der Waals surface area contributed by atoms with E-state index in [0.717, 1.165) is 29.8 Å². The van der Waals surface area contributed by atoms with Crippen molar-refractivity contribution in [3.63, 3.8) is 0 Å². The van der Waals surface area contributed by atoms with Gasteiger partial charge in [-0.15, -0.1) is 0 Å². The lowest BCUT2D eigenvalue weighted by molar-refractivity contribution is -0.147. The van der Waals surface area contributed by atoms with E-state index in [4.69, 9.17) is 9.84 Å². The van der Waals surface area contributed by atoms with Crippen LogP contribution in [0.1, 0.15) is 69.2 Å². The minimum Gasteiger partial charge on any atom is -0.481 e. The molecule has 0 unspecified atom stereocenters. The number of hydrogen-bond acceptors (Lipinski definition) is 7. The van der Waals surface area contributed by atoms with Gasteiger partial charge in [-0.05, 0) is 53.9 Å². The zero-order chi connectivity index (χ0) is 30.3. The van der Waals surface area contributed by atoms with E-state index in [-0.39, 0.29) is 31.0 Å². The zero-order valence-corrected chi connectivity index (χ0v) is 23.8. The first kappa shape index (κ1) is 29.3. The maximum absolute atomic E-state index is 13.8. The summed E-state index contributed by atoms with van der Waals surface area (Å²) in [7, 11) is 0. The molecule has 1 aliphatic rings. The maximum atomic E-state index is 13.8. The number of carboxylic acid groups (broad SMARTS) is 1. The molecule has 1 aliphatic carbocycles. The molecule has 0 spiro atoms. The van der Waals surface area contributed by atoms with Crippen LogP contribution in [0.15, 0.2) is 84.9 Å². The third-order valence-corrected chi connectivity index (χ3v) is 7.28. The first-order valence-corrected chi connectivity index (χ1v) is 14.3. The molecule has 0 atom stereocenters. The summed E-state index contributed by atoms with van der Waals surface area (Å²) < 4.78 is 5.11. The molecule has 3 N–H and O–H groups in total. The molecule has 8 nitrogen and oxygen atoms in total. The monoisotopic (exact) mass is 576 g/mol. The van der Waals surface area contributed by atoms with Crippen molar-refractivity contribution in [2.45, 2.75) is 39.0 Å². The number of rotatable bonds is 12. The van der Waals surface area contributed by atoms with E-state index in [0.29, 0.717) is 40.0 Å². The Morgan fingerprint density at radius 2 is 1.16 bits per heavy atom. The number of ketones is 2. The molecule has 43 heavy (non-hydrogen) atoms. The van der Waals surface area contributed by atoms with E-state index in [1.807, 2.05) is 42.5 Å². The number of hydrogen-bond donors (Lipinski definition) is 3. The Bertz CT molecular complexity index is 1680. The van der Waals surface area contributed by atoms with Gasteiger partial charge in [-0.2, -0.15) is 0 Å². The number of carbonyl (C=O) groups excluding carboxylic acids is 3. The van der Waals surface area contributed by atoms with Gasteiger partial charge in [0, 0.05) is 28.9 Å². The highest BCUT2D eigenvalue weighted by atomic mass is 16.5. The Hall–Kier alpha value is -5.24. The first-order valence-electron chi connectivity index (χ1n) is 14.3. The summed E-state index contributed by atoms with van der Waals surface area (Å²) in [6.07, 6.45) is 2.10. The van der Waals surface area contributed by atoms with E-state index in [1.165, 1.54) is 5.56 Å². The van der Waals surface area contributed by atoms with E-state index in [1.54, 1.807) is 30.3 Å². The van der Waals surface area contributed by atoms with Crippen molar-refractivity contribution in [3.8, 4) is 0 Å². The number of anilines is 4. The summed E-state index contributed by atoms with van der Waals surface area (Å²) in [6.45, 7) is 2.28. The van der Waals surface area contributed by atoms with Crippen molar-refractivity contribution >= 4 is 46.3 Å². The van der Waals surface area contributed by atoms with Crippen LogP contribution in [-0.2, 0) is 27.2 Å². The van der Waals surface area contributed by atoms with Crippen molar-refractivity contribution in [1.82, 2.24) is 0 Å². The quantitative estimate of drug-likeness (QED) is 0.138. The van der Waals surface area contributed by atoms with Gasteiger partial charge >= 0.3 is 11.9 Å². The van der Waals surface area contributed by atoms with Crippen LogP contribution in [0.25, 0.3) is 0 Å². The summed E-state index contributed by atoms with van der Waals surface area (Å²) in [5, 5.41) is 15.3. The third kappa shape index (κ3) is 6.81. The number of ether oxygens (including phenoxy) is 1. The van der Waals surface area contributed by atoms with Gasteiger partial charge in [-0.3, -0.25) is 19.2 Å². The van der Waals surface area contributed by atoms with Crippen LogP contribution in [0.5, 0.6) is 0 Å². The fourth-order valence-electron chi connectivity index (χ4n) is 5.10. The molecule has 4 aromatic rings. The zero-order valence-electron chi connectivity index (χ0n) is 23.8. The second kappa shape index (κ2) is 13.2. The summed E-state index contributed by atoms with van der Waals surface area (Å²) in [6, 6.07) is 26.0. The third-order valence-electron chi connectivity index (χ3n) is 7.28. The molecule has 0 saturated heterocycles. The number of aliphatic carboxylic acids is 1. The van der Waals surface area contributed by atoms with Gasteiger partial charge < -0.3 is 20.5 Å². The largest absolute Gasteiger partial charge is 0.481 e. The van der Waals surface area contributed by atoms with Gasteiger partial charge in [0.1, 0.15) is 0 Å². The standard InChI is InChI=1S/C35H32N2O6/c1-2-5-22-8-12-24(13-9-22)36-28-16-17-29(33-32(28)34(41)26-6-3-4-7-27(26)35(33)42)37-25-14-10-23(11-15-25)20-21-43-31(40)19-18-30(38)39/h3-4,6-17,36-37H,2,5,18-21H2,1H3,(H,38,39). The molecule has 218 valence electrons. The Balaban J connectivity index is 1.37. The Morgan fingerprint density at radius 1 is 0.674 bits per heavy atom. The molecule has 0 saturated carbocycles. The topological polar surface area (TPSA) is 122 Å². The molecule has 0 aromatic heterocycles. The first-order chi connectivity index (χ1) is 20.8. The van der Waals surface area contributed by atoms with Crippen LogP contribution in [0.2, 0.25) is 0 Å². The molecule has 0 amide bonds. The molecule has 4 aromatic carbocycles. The average molecular weight is 577 g/mol. The van der Waals surface area contributed by atoms with Gasteiger partial charge in [-0.25, -0.2) is 0 Å². The summed E-state index contributed by atoms with van der Waals surface area (Å²) >= 11 is 0. The number of esters is 1. The van der Waals surface area contributed by atoms with Crippen molar-refractivity contribution in [1.29, 1.82) is 0 Å². The fourth-order valence-corrected chi connectivity index (χ4v) is 5.10. The lowest BCUT2D eigenvalue weighted by atomic mass is 9.82. The highest BCUT2D eigenvalue weighted by Crippen LogP contribution is 2.38. The highest BCUT2D eigenvalue weighted by molar-refractivity contribution is 6.32. The van der Waals surface area contributed by atoms with Crippen LogP contribution in [0, 0.1) is 0 Å². The van der Waals surface area contributed by atoms with Crippen molar-refractivity contribution in [2.75, 3.05) is 17.2 Å². The number of carboxylic acids is 1. The van der Waals surface area contributed by atoms with E-state index in [2.05, 4.69) is 29.7 Å². The minimum absolute atomic E-state index is 0.143. The fraction of sp³-hybridized carbons (Fsp3) is 0.200. The molecule has 0 bridgehead atoms. The molecular formula is C35H32N2O6. The normalized spacial score (nSPS) is 11.8. The number of nitrogens with one attached hydrogen (secondary N) is 2. The second-order valence-electron chi connectivity index (χ2n) is 10.4. The van der Waals surface area contributed by atoms with Crippen LogP contribution in [0.3, 0.4) is 0 Å². The minimum atomic E-state index is -1.04. The number of carbonyl (C=O) groups is 4. The van der Waals surface area contributed by atoms with E-state index in [9.17, 15) is 19.2 Å². The maximum Gasteiger partial charge on any atom is 0.306 e. The molecule has 0 heterocycles. The summed E-state index contributed by atoms with van der Waals surface area (Å²) in [5.41, 5.74) is 6.17. The Kier molecular flexibility index (Phi) is 8.96. The van der Waals surface area contributed by atoms with E-state index >= 15 is 0 Å². The SMILES string of the molecule is CCCc1ccc(Nc2ccc(Nc3ccc(CCOC(=O)CCC(=O)O)cc3)c3c2C(=O)c2ccccc2C3=O)cc1. The molecule has 5 rings (SSSR count). The van der Waals surface area contributed by atoms with Crippen LogP contribution in [-0.4, -0.2) is 35.2 Å². The lowest BCUT2D eigenvalue weighted by Gasteiger charge is -2.24.